The minimum atomic E-state index is -0.0185. The van der Waals surface area contributed by atoms with E-state index < -0.39 is 0 Å². The van der Waals surface area contributed by atoms with E-state index in [-0.39, 0.29) is 12.5 Å². The summed E-state index contributed by atoms with van der Waals surface area (Å²) in [5.41, 5.74) is 0.925. The zero-order valence-corrected chi connectivity index (χ0v) is 17.6. The molecule has 152 valence electrons. The predicted molar refractivity (Wildman–Crippen MR) is 111 cm³/mol. The lowest BCUT2D eigenvalue weighted by molar-refractivity contribution is -0.135. The van der Waals surface area contributed by atoms with Crippen LogP contribution >= 0.6 is 22.9 Å². The molecule has 1 saturated heterocycles. The second-order valence-electron chi connectivity index (χ2n) is 6.85. The summed E-state index contributed by atoms with van der Waals surface area (Å²) in [6, 6.07) is 9.32. The lowest BCUT2D eigenvalue weighted by Gasteiger charge is -2.33. The van der Waals surface area contributed by atoms with Crippen molar-refractivity contribution in [2.45, 2.75) is 13.5 Å². The average molecular weight is 433 g/mol. The van der Waals surface area contributed by atoms with Crippen molar-refractivity contribution in [3.63, 3.8) is 0 Å². The number of aryl methyl sites for hydroxylation is 1. The van der Waals surface area contributed by atoms with Crippen LogP contribution in [0, 0.1) is 6.92 Å². The van der Waals surface area contributed by atoms with Crippen molar-refractivity contribution >= 4 is 28.8 Å². The highest BCUT2D eigenvalue weighted by molar-refractivity contribution is 7.13. The van der Waals surface area contributed by atoms with Gasteiger partial charge in [-0.3, -0.25) is 9.69 Å². The zero-order valence-electron chi connectivity index (χ0n) is 16.0. The van der Waals surface area contributed by atoms with Crippen LogP contribution in [0.2, 0.25) is 5.02 Å². The molecule has 2 aromatic heterocycles. The third-order valence-electron chi connectivity index (χ3n) is 4.79. The summed E-state index contributed by atoms with van der Waals surface area (Å²) in [5.74, 6) is 1.85. The SMILES string of the molecule is Cc1cc(OCC(=O)N2CCN(Cc3nc(-c4cccs4)no3)CC2)ccc1Cl. The standard InChI is InChI=1S/C20H21ClN4O3S/c1-14-11-15(4-5-16(14)21)27-13-19(26)25-8-6-24(7-9-25)12-18-22-20(23-28-18)17-3-2-10-29-17/h2-5,10-11H,6-9,12-13H2,1H3. The van der Waals surface area contributed by atoms with Gasteiger partial charge >= 0.3 is 0 Å². The van der Waals surface area contributed by atoms with Crippen LogP contribution < -0.4 is 4.74 Å². The largest absolute Gasteiger partial charge is 0.484 e. The van der Waals surface area contributed by atoms with Crippen molar-refractivity contribution in [2.24, 2.45) is 0 Å². The van der Waals surface area contributed by atoms with Crippen molar-refractivity contribution in [1.29, 1.82) is 0 Å². The van der Waals surface area contributed by atoms with Crippen molar-refractivity contribution in [1.82, 2.24) is 19.9 Å². The van der Waals surface area contributed by atoms with Crippen molar-refractivity contribution in [2.75, 3.05) is 32.8 Å². The summed E-state index contributed by atoms with van der Waals surface area (Å²) in [6.07, 6.45) is 0. The van der Waals surface area contributed by atoms with Gasteiger partial charge in [0.1, 0.15) is 5.75 Å². The molecule has 9 heteroatoms. The molecule has 1 aliphatic rings. The van der Waals surface area contributed by atoms with Crippen LogP contribution in [-0.2, 0) is 11.3 Å². The number of aromatic nitrogens is 2. The first-order valence-electron chi connectivity index (χ1n) is 9.34. The fourth-order valence-electron chi connectivity index (χ4n) is 3.11. The Balaban J connectivity index is 1.23. The summed E-state index contributed by atoms with van der Waals surface area (Å²) < 4.78 is 11.0. The number of piperazine rings is 1. The van der Waals surface area contributed by atoms with Gasteiger partial charge in [0.05, 0.1) is 11.4 Å². The molecule has 4 rings (SSSR count). The van der Waals surface area contributed by atoms with Crippen LogP contribution in [0.25, 0.3) is 10.7 Å². The van der Waals surface area contributed by atoms with E-state index in [4.69, 9.17) is 20.9 Å². The van der Waals surface area contributed by atoms with Gasteiger partial charge in [-0.1, -0.05) is 22.8 Å². The number of nitrogens with zero attached hydrogens (tertiary/aromatic N) is 4. The van der Waals surface area contributed by atoms with Crippen LogP contribution in [0.3, 0.4) is 0 Å². The minimum Gasteiger partial charge on any atom is -0.484 e. The molecule has 0 atom stereocenters. The lowest BCUT2D eigenvalue weighted by atomic mass is 10.2. The Morgan fingerprint density at radius 3 is 2.83 bits per heavy atom. The fraction of sp³-hybridized carbons (Fsp3) is 0.350. The maximum absolute atomic E-state index is 12.4. The molecular weight excluding hydrogens is 412 g/mol. The van der Waals surface area contributed by atoms with Gasteiger partial charge in [-0.2, -0.15) is 4.98 Å². The number of hydrogen-bond acceptors (Lipinski definition) is 7. The van der Waals surface area contributed by atoms with E-state index in [1.54, 1.807) is 23.5 Å². The van der Waals surface area contributed by atoms with Gasteiger partial charge in [0.25, 0.3) is 5.91 Å². The highest BCUT2D eigenvalue weighted by atomic mass is 35.5. The molecule has 0 unspecified atom stereocenters. The Morgan fingerprint density at radius 1 is 1.28 bits per heavy atom. The highest BCUT2D eigenvalue weighted by Gasteiger charge is 2.23. The topological polar surface area (TPSA) is 71.7 Å². The normalized spacial score (nSPS) is 14.9. The number of amides is 1. The Morgan fingerprint density at radius 2 is 2.10 bits per heavy atom. The lowest BCUT2D eigenvalue weighted by Crippen LogP contribution is -2.49. The molecule has 0 aliphatic carbocycles. The Labute approximate surface area is 177 Å². The number of ether oxygens (including phenoxy) is 1. The van der Waals surface area contributed by atoms with Crippen LogP contribution in [0.1, 0.15) is 11.5 Å². The molecular formula is C20H21ClN4O3S. The molecule has 3 aromatic rings. The van der Waals surface area contributed by atoms with E-state index in [9.17, 15) is 4.79 Å². The Kier molecular flexibility index (Phi) is 6.13. The fourth-order valence-corrected chi connectivity index (χ4v) is 3.88. The molecule has 29 heavy (non-hydrogen) atoms. The third kappa shape index (κ3) is 4.95. The van der Waals surface area contributed by atoms with Gasteiger partial charge in [0.2, 0.25) is 11.7 Å². The van der Waals surface area contributed by atoms with E-state index >= 15 is 0 Å². The van der Waals surface area contributed by atoms with Gasteiger partial charge in [0, 0.05) is 31.2 Å². The highest BCUT2D eigenvalue weighted by Crippen LogP contribution is 2.22. The zero-order chi connectivity index (χ0) is 20.2. The number of benzene rings is 1. The average Bonchev–Trinajstić information content (AvgIpc) is 3.41. The first-order valence-corrected chi connectivity index (χ1v) is 10.6. The molecule has 0 spiro atoms. The molecule has 1 fully saturated rings. The summed E-state index contributed by atoms with van der Waals surface area (Å²) >= 11 is 7.60. The molecule has 0 bridgehead atoms. The van der Waals surface area contributed by atoms with Gasteiger partial charge in [-0.25, -0.2) is 0 Å². The molecule has 7 nitrogen and oxygen atoms in total. The van der Waals surface area contributed by atoms with Gasteiger partial charge in [-0.15, -0.1) is 11.3 Å². The molecule has 1 aliphatic heterocycles. The van der Waals surface area contributed by atoms with Gasteiger partial charge < -0.3 is 14.2 Å². The van der Waals surface area contributed by atoms with E-state index in [2.05, 4.69) is 15.0 Å². The summed E-state index contributed by atoms with van der Waals surface area (Å²) in [7, 11) is 0. The van der Waals surface area contributed by atoms with E-state index in [0.717, 1.165) is 23.5 Å². The van der Waals surface area contributed by atoms with E-state index in [1.165, 1.54) is 0 Å². The summed E-state index contributed by atoms with van der Waals surface area (Å²) in [6.45, 7) is 5.31. The number of hydrogen-bond donors (Lipinski definition) is 0. The maximum Gasteiger partial charge on any atom is 0.260 e. The number of carbonyl (C=O) groups excluding carboxylic acids is 1. The number of carbonyl (C=O) groups is 1. The number of thiophene rings is 1. The molecule has 0 N–H and O–H groups in total. The predicted octanol–water partition coefficient (Wildman–Crippen LogP) is 3.48. The summed E-state index contributed by atoms with van der Waals surface area (Å²) in [5, 5.41) is 6.71. The molecule has 3 heterocycles. The Hall–Kier alpha value is -2.42. The van der Waals surface area contributed by atoms with E-state index in [0.29, 0.717) is 42.1 Å². The first-order chi connectivity index (χ1) is 14.1. The van der Waals surface area contributed by atoms with Crippen molar-refractivity contribution in [3.05, 3.63) is 52.2 Å². The second-order valence-corrected chi connectivity index (χ2v) is 8.20. The Bertz CT molecular complexity index is 968. The maximum atomic E-state index is 12.4. The van der Waals surface area contributed by atoms with Crippen LogP contribution in [0.5, 0.6) is 5.75 Å². The molecule has 1 aromatic carbocycles. The van der Waals surface area contributed by atoms with Crippen molar-refractivity contribution < 1.29 is 14.1 Å². The van der Waals surface area contributed by atoms with E-state index in [1.807, 2.05) is 35.4 Å². The number of halogens is 1. The number of rotatable bonds is 6. The minimum absolute atomic E-state index is 0.0185. The van der Waals surface area contributed by atoms with Crippen LogP contribution in [0.4, 0.5) is 0 Å². The van der Waals surface area contributed by atoms with Gasteiger partial charge in [-0.05, 0) is 42.1 Å². The second kappa shape index (κ2) is 8.94. The molecule has 1 amide bonds. The summed E-state index contributed by atoms with van der Waals surface area (Å²) in [4.78, 5) is 21.9. The van der Waals surface area contributed by atoms with Crippen LogP contribution in [-0.4, -0.2) is 58.6 Å². The van der Waals surface area contributed by atoms with Gasteiger partial charge in [0.15, 0.2) is 6.61 Å². The third-order valence-corrected chi connectivity index (χ3v) is 6.08. The molecule has 0 saturated carbocycles. The quantitative estimate of drug-likeness (QED) is 0.593. The first kappa shape index (κ1) is 19.9. The van der Waals surface area contributed by atoms with Crippen molar-refractivity contribution in [3.8, 4) is 16.5 Å². The van der Waals surface area contributed by atoms with Crippen LogP contribution in [0.15, 0.2) is 40.2 Å². The smallest absolute Gasteiger partial charge is 0.260 e. The molecule has 0 radical (unpaired) electrons. The monoisotopic (exact) mass is 432 g/mol.